The molecule has 144 valence electrons. The molecule has 8 heteroatoms. The highest BCUT2D eigenvalue weighted by atomic mass is 19.1. The number of hydrogen-bond acceptors (Lipinski definition) is 5. The summed E-state index contributed by atoms with van der Waals surface area (Å²) in [6.07, 6.45) is -0.536. The summed E-state index contributed by atoms with van der Waals surface area (Å²) in [4.78, 5) is 27.2. The lowest BCUT2D eigenvalue weighted by atomic mass is 10.0. The quantitative estimate of drug-likeness (QED) is 0.789. The van der Waals surface area contributed by atoms with Gasteiger partial charge in [-0.1, -0.05) is 12.1 Å². The van der Waals surface area contributed by atoms with Crippen LogP contribution in [0.2, 0.25) is 0 Å². The molecule has 0 aliphatic carbocycles. The number of ether oxygens (including phenoxy) is 2. The maximum Gasteiger partial charge on any atom is 0.409 e. The summed E-state index contributed by atoms with van der Waals surface area (Å²) in [6.45, 7) is 4.96. The molecule has 0 saturated carbocycles. The van der Waals surface area contributed by atoms with Crippen molar-refractivity contribution in [3.05, 3.63) is 35.6 Å². The van der Waals surface area contributed by atoms with Gasteiger partial charge in [0.25, 0.3) is 0 Å². The normalized spacial score (nSPS) is 16.0. The molecule has 1 fully saturated rings. The fourth-order valence-electron chi connectivity index (χ4n) is 2.81. The molecule has 1 heterocycles. The van der Waals surface area contributed by atoms with Gasteiger partial charge >= 0.3 is 6.09 Å². The van der Waals surface area contributed by atoms with E-state index in [0.29, 0.717) is 19.8 Å². The Balaban J connectivity index is 1.96. The minimum absolute atomic E-state index is 0.0852. The van der Waals surface area contributed by atoms with Gasteiger partial charge in [-0.2, -0.15) is 0 Å². The summed E-state index contributed by atoms with van der Waals surface area (Å²) in [5, 5.41) is 2.86. The van der Waals surface area contributed by atoms with Gasteiger partial charge in [0.05, 0.1) is 25.9 Å². The van der Waals surface area contributed by atoms with Crippen LogP contribution in [-0.2, 0) is 14.3 Å². The lowest BCUT2D eigenvalue weighted by Gasteiger charge is -2.35. The van der Waals surface area contributed by atoms with E-state index < -0.39 is 6.09 Å². The van der Waals surface area contributed by atoms with E-state index in [4.69, 9.17) is 9.47 Å². The maximum absolute atomic E-state index is 13.2. The number of hydrogen-bond donors (Lipinski definition) is 1. The van der Waals surface area contributed by atoms with Crippen LogP contribution in [-0.4, -0.2) is 74.8 Å². The molecule has 0 unspecified atom stereocenters. The van der Waals surface area contributed by atoms with Crippen molar-refractivity contribution in [2.24, 2.45) is 0 Å². The van der Waals surface area contributed by atoms with Gasteiger partial charge in [0.2, 0.25) is 5.91 Å². The van der Waals surface area contributed by atoms with Crippen LogP contribution in [0.4, 0.5) is 9.18 Å². The first-order valence-electron chi connectivity index (χ1n) is 8.73. The predicted molar refractivity (Wildman–Crippen MR) is 94.2 cm³/mol. The number of carbonyl (C=O) groups excluding carboxylic acids is 2. The second-order valence-corrected chi connectivity index (χ2v) is 6.07. The minimum Gasteiger partial charge on any atom is -0.450 e. The topological polar surface area (TPSA) is 71.1 Å². The van der Waals surface area contributed by atoms with Gasteiger partial charge in [0.1, 0.15) is 12.4 Å². The fraction of sp³-hybridized carbons (Fsp3) is 0.556. The number of nitrogens with one attached hydrogen (secondary N) is 1. The second-order valence-electron chi connectivity index (χ2n) is 6.07. The van der Waals surface area contributed by atoms with Crippen LogP contribution in [0.1, 0.15) is 18.5 Å². The number of likely N-dealkylation sites (N-methyl/N-ethyl adjacent to an activating group) is 1. The molecular weight excluding hydrogens is 341 g/mol. The molecule has 1 aliphatic rings. The van der Waals surface area contributed by atoms with Crippen LogP contribution < -0.4 is 5.32 Å². The van der Waals surface area contributed by atoms with Crippen molar-refractivity contribution in [2.45, 2.75) is 13.0 Å². The van der Waals surface area contributed by atoms with Gasteiger partial charge in [-0.3, -0.25) is 9.69 Å². The summed E-state index contributed by atoms with van der Waals surface area (Å²) in [5.74, 6) is -0.574. The lowest BCUT2D eigenvalue weighted by Crippen LogP contribution is -2.45. The fourth-order valence-corrected chi connectivity index (χ4v) is 2.81. The van der Waals surface area contributed by atoms with Crippen LogP contribution >= 0.6 is 0 Å². The third kappa shape index (κ3) is 5.96. The Labute approximate surface area is 153 Å². The Kier molecular flexibility index (Phi) is 7.80. The first kappa shape index (κ1) is 20.1. The monoisotopic (exact) mass is 367 g/mol. The number of benzene rings is 1. The number of carbonyl (C=O) groups is 2. The Bertz CT molecular complexity index is 591. The third-order valence-corrected chi connectivity index (χ3v) is 4.19. The SMILES string of the molecule is CCOC(=O)N(C)CC(=O)NC[C@H](c1ccc(F)cc1)N1CCOCC1. The molecule has 1 aromatic rings. The van der Waals surface area contributed by atoms with Crippen LogP contribution in [0, 0.1) is 5.82 Å². The van der Waals surface area contributed by atoms with E-state index in [2.05, 4.69) is 10.2 Å². The van der Waals surface area contributed by atoms with Gasteiger partial charge in [0, 0.05) is 26.7 Å². The zero-order chi connectivity index (χ0) is 18.9. The van der Waals surface area contributed by atoms with Gasteiger partial charge in [-0.25, -0.2) is 9.18 Å². The van der Waals surface area contributed by atoms with Crippen LogP contribution in [0.5, 0.6) is 0 Å². The number of morpholine rings is 1. The molecule has 1 N–H and O–H groups in total. The summed E-state index contributed by atoms with van der Waals surface area (Å²) in [7, 11) is 1.51. The summed E-state index contributed by atoms with van der Waals surface area (Å²) >= 11 is 0. The van der Waals surface area contributed by atoms with Crippen molar-refractivity contribution in [2.75, 3.05) is 53.0 Å². The lowest BCUT2D eigenvalue weighted by molar-refractivity contribution is -0.122. The Hall–Kier alpha value is -2.19. The zero-order valence-electron chi connectivity index (χ0n) is 15.2. The molecule has 1 aromatic carbocycles. The molecule has 0 spiro atoms. The van der Waals surface area contributed by atoms with Gasteiger partial charge in [0.15, 0.2) is 0 Å². The van der Waals surface area contributed by atoms with Crippen LogP contribution in [0.25, 0.3) is 0 Å². The number of nitrogens with zero attached hydrogens (tertiary/aromatic N) is 2. The summed E-state index contributed by atoms with van der Waals surface area (Å²) in [6, 6.07) is 6.20. The average molecular weight is 367 g/mol. The molecule has 0 aromatic heterocycles. The Morgan fingerprint density at radius 3 is 2.58 bits per heavy atom. The Morgan fingerprint density at radius 1 is 1.31 bits per heavy atom. The highest BCUT2D eigenvalue weighted by Crippen LogP contribution is 2.21. The van der Waals surface area contributed by atoms with Crippen molar-refractivity contribution < 1.29 is 23.5 Å². The van der Waals surface area contributed by atoms with E-state index in [1.54, 1.807) is 19.1 Å². The number of amides is 2. The molecule has 1 saturated heterocycles. The predicted octanol–water partition coefficient (Wildman–Crippen LogP) is 1.40. The standard InChI is InChI=1S/C18H26FN3O4/c1-3-26-18(24)21(2)13-17(23)20-12-16(22-8-10-25-11-9-22)14-4-6-15(19)7-5-14/h4-7,16H,3,8-13H2,1-2H3,(H,20,23)/t16-/m1/s1. The van der Waals surface area contributed by atoms with Crippen molar-refractivity contribution in [1.82, 2.24) is 15.1 Å². The summed E-state index contributed by atoms with van der Waals surface area (Å²) < 4.78 is 23.5. The molecule has 0 bridgehead atoms. The zero-order valence-corrected chi connectivity index (χ0v) is 15.2. The molecule has 26 heavy (non-hydrogen) atoms. The largest absolute Gasteiger partial charge is 0.450 e. The molecule has 0 radical (unpaired) electrons. The van der Waals surface area contributed by atoms with Crippen molar-refractivity contribution in [3.63, 3.8) is 0 Å². The Morgan fingerprint density at radius 2 is 1.96 bits per heavy atom. The minimum atomic E-state index is -0.536. The molecule has 1 atom stereocenters. The van der Waals surface area contributed by atoms with Crippen LogP contribution in [0.15, 0.2) is 24.3 Å². The number of halogens is 1. The molecule has 2 rings (SSSR count). The molecular formula is C18H26FN3O4. The number of rotatable bonds is 7. The van der Waals surface area contributed by atoms with E-state index in [-0.39, 0.29) is 30.9 Å². The highest BCUT2D eigenvalue weighted by Gasteiger charge is 2.23. The first-order chi connectivity index (χ1) is 12.5. The highest BCUT2D eigenvalue weighted by molar-refractivity contribution is 5.82. The van der Waals surface area contributed by atoms with E-state index >= 15 is 0 Å². The smallest absolute Gasteiger partial charge is 0.409 e. The van der Waals surface area contributed by atoms with Crippen LogP contribution in [0.3, 0.4) is 0 Å². The van der Waals surface area contributed by atoms with Gasteiger partial charge in [-0.05, 0) is 24.6 Å². The summed E-state index contributed by atoms with van der Waals surface area (Å²) in [5.41, 5.74) is 0.923. The third-order valence-electron chi connectivity index (χ3n) is 4.19. The van der Waals surface area contributed by atoms with Crippen molar-refractivity contribution in [3.8, 4) is 0 Å². The molecule has 1 aliphatic heterocycles. The average Bonchev–Trinajstić information content (AvgIpc) is 2.64. The van der Waals surface area contributed by atoms with E-state index in [1.807, 2.05) is 0 Å². The van der Waals surface area contributed by atoms with E-state index in [9.17, 15) is 14.0 Å². The van der Waals surface area contributed by atoms with Gasteiger partial charge in [-0.15, -0.1) is 0 Å². The van der Waals surface area contributed by atoms with E-state index in [1.165, 1.54) is 24.1 Å². The van der Waals surface area contributed by atoms with Crippen molar-refractivity contribution >= 4 is 12.0 Å². The molecule has 2 amide bonds. The van der Waals surface area contributed by atoms with Crippen molar-refractivity contribution in [1.29, 1.82) is 0 Å². The first-order valence-corrected chi connectivity index (χ1v) is 8.73. The van der Waals surface area contributed by atoms with Gasteiger partial charge < -0.3 is 19.7 Å². The molecule has 7 nitrogen and oxygen atoms in total. The maximum atomic E-state index is 13.2. The van der Waals surface area contributed by atoms with E-state index in [0.717, 1.165) is 18.7 Å². The second kappa shape index (κ2) is 10.1.